The van der Waals surface area contributed by atoms with Crippen LogP contribution in [0.25, 0.3) is 10.9 Å². The van der Waals surface area contributed by atoms with E-state index in [-0.39, 0.29) is 19.0 Å². The summed E-state index contributed by atoms with van der Waals surface area (Å²) < 4.78 is 6.08. The average molecular weight is 483 g/mol. The number of pyridine rings is 1. The van der Waals surface area contributed by atoms with Crippen molar-refractivity contribution in [1.29, 1.82) is 0 Å². The zero-order valence-corrected chi connectivity index (χ0v) is 19.6. The van der Waals surface area contributed by atoms with Gasteiger partial charge in [0.2, 0.25) is 0 Å². The molecule has 0 saturated heterocycles. The number of rotatable bonds is 10. The summed E-state index contributed by atoms with van der Waals surface area (Å²) in [6.07, 6.45) is 4.83. The number of carbonyl (C=O) groups is 2. The molecule has 0 unspecified atom stereocenters. The van der Waals surface area contributed by atoms with E-state index in [2.05, 4.69) is 10.3 Å². The van der Waals surface area contributed by atoms with Gasteiger partial charge in [0.15, 0.2) is 0 Å². The van der Waals surface area contributed by atoms with E-state index in [1.807, 2.05) is 0 Å². The molecule has 0 spiro atoms. The molecule has 0 radical (unpaired) electrons. The first-order chi connectivity index (χ1) is 16.4. The lowest BCUT2D eigenvalue weighted by atomic mass is 10.0. The summed E-state index contributed by atoms with van der Waals surface area (Å²) in [4.78, 5) is 29.3. The molecule has 1 heterocycles. The second-order valence-corrected chi connectivity index (χ2v) is 9.15. The van der Waals surface area contributed by atoms with Gasteiger partial charge in [-0.25, -0.2) is 0 Å². The molecular weight excluding hydrogens is 456 g/mol. The summed E-state index contributed by atoms with van der Waals surface area (Å²) in [5, 5.41) is 22.2. The zero-order valence-electron chi connectivity index (χ0n) is 18.9. The second-order valence-electron chi connectivity index (χ2n) is 8.75. The van der Waals surface area contributed by atoms with Crippen LogP contribution in [0.3, 0.4) is 0 Å². The third-order valence-corrected chi connectivity index (χ3v) is 6.27. The number of benzene rings is 2. The van der Waals surface area contributed by atoms with Crippen LogP contribution in [-0.2, 0) is 11.2 Å². The monoisotopic (exact) mass is 482 g/mol. The van der Waals surface area contributed by atoms with Crippen LogP contribution in [0, 0.1) is 12.8 Å². The number of nitrogens with zero attached hydrogens (tertiary/aromatic N) is 1. The first kappa shape index (κ1) is 24.1. The number of ether oxygens (including phenoxy) is 1. The Morgan fingerprint density at radius 2 is 1.94 bits per heavy atom. The van der Waals surface area contributed by atoms with E-state index in [1.54, 1.807) is 49.5 Å². The lowest BCUT2D eigenvalue weighted by molar-refractivity contribution is -0.118. The lowest BCUT2D eigenvalue weighted by Crippen LogP contribution is -2.40. The van der Waals surface area contributed by atoms with Crippen LogP contribution in [0.5, 0.6) is 11.5 Å². The number of aromatic nitrogens is 1. The predicted octanol–water partition coefficient (Wildman–Crippen LogP) is 3.98. The molecule has 4 rings (SSSR count). The first-order valence-electron chi connectivity index (χ1n) is 11.3. The smallest absolute Gasteiger partial charge is 0.251 e. The molecule has 0 aliphatic heterocycles. The highest BCUT2D eigenvalue weighted by Gasteiger charge is 2.24. The molecule has 8 heteroatoms. The fraction of sp³-hybridized carbons (Fsp3) is 0.346. The Balaban J connectivity index is 1.57. The Morgan fingerprint density at radius 1 is 1.18 bits per heavy atom. The Bertz CT molecular complexity index is 1220. The summed E-state index contributed by atoms with van der Waals surface area (Å²) >= 11 is 6.44. The average Bonchev–Trinajstić information content (AvgIpc) is 3.62. The minimum atomic E-state index is -0.746. The van der Waals surface area contributed by atoms with E-state index in [0.717, 1.165) is 18.4 Å². The number of halogens is 1. The fourth-order valence-corrected chi connectivity index (χ4v) is 4.05. The molecule has 0 bridgehead atoms. The van der Waals surface area contributed by atoms with Crippen molar-refractivity contribution in [1.82, 2.24) is 10.3 Å². The molecule has 2 aromatic carbocycles. The number of aliphatic hydroxyl groups excluding tert-OH is 2. The lowest BCUT2D eigenvalue weighted by Gasteiger charge is -2.16. The highest BCUT2D eigenvalue weighted by molar-refractivity contribution is 6.31. The van der Waals surface area contributed by atoms with E-state index in [0.29, 0.717) is 57.3 Å². The van der Waals surface area contributed by atoms with E-state index in [1.165, 1.54) is 0 Å². The molecule has 1 aromatic heterocycles. The van der Waals surface area contributed by atoms with Gasteiger partial charge in [0.1, 0.15) is 17.3 Å². The summed E-state index contributed by atoms with van der Waals surface area (Å²) in [5.41, 5.74) is 2.52. The van der Waals surface area contributed by atoms with Crippen LogP contribution in [-0.4, -0.2) is 46.1 Å². The Morgan fingerprint density at radius 3 is 2.62 bits per heavy atom. The number of carbonyl (C=O) groups excluding carboxylic acids is 2. The molecular formula is C26H27ClN2O5. The first-order valence-corrected chi connectivity index (χ1v) is 11.7. The normalized spacial score (nSPS) is 13.3. The number of amides is 1. The maximum atomic E-state index is 12.7. The van der Waals surface area contributed by atoms with Crippen molar-refractivity contribution in [2.75, 3.05) is 13.2 Å². The van der Waals surface area contributed by atoms with Crippen LogP contribution < -0.4 is 10.1 Å². The second kappa shape index (κ2) is 10.5. The maximum absolute atomic E-state index is 12.7. The number of aryl methyl sites for hydroxylation is 1. The minimum Gasteiger partial charge on any atom is -0.457 e. The van der Waals surface area contributed by atoms with Gasteiger partial charge >= 0.3 is 0 Å². The van der Waals surface area contributed by atoms with Crippen LogP contribution in [0.1, 0.15) is 40.7 Å². The van der Waals surface area contributed by atoms with E-state index >= 15 is 0 Å². The third kappa shape index (κ3) is 5.73. The summed E-state index contributed by atoms with van der Waals surface area (Å²) in [6.45, 7) is 1.06. The van der Waals surface area contributed by atoms with Crippen molar-refractivity contribution >= 4 is 34.2 Å². The summed E-state index contributed by atoms with van der Waals surface area (Å²) in [5.74, 6) is 1.33. The zero-order chi connectivity index (χ0) is 24.2. The Hall–Kier alpha value is -3.00. The number of ketones is 1. The van der Waals surface area contributed by atoms with Crippen LogP contribution >= 0.6 is 11.6 Å². The number of hydrogen-bond donors (Lipinski definition) is 3. The van der Waals surface area contributed by atoms with Gasteiger partial charge in [-0.05, 0) is 67.1 Å². The Kier molecular flexibility index (Phi) is 7.46. The number of hydrogen-bond acceptors (Lipinski definition) is 6. The van der Waals surface area contributed by atoms with Gasteiger partial charge in [0.05, 0.1) is 24.8 Å². The van der Waals surface area contributed by atoms with E-state index in [4.69, 9.17) is 16.3 Å². The molecule has 1 saturated carbocycles. The van der Waals surface area contributed by atoms with Gasteiger partial charge < -0.3 is 20.3 Å². The number of fused-ring (bicyclic) bond motifs is 1. The molecule has 178 valence electrons. The van der Waals surface area contributed by atoms with Gasteiger partial charge in [-0.3, -0.25) is 14.6 Å². The molecule has 0 atom stereocenters. The highest BCUT2D eigenvalue weighted by atomic mass is 35.5. The van der Waals surface area contributed by atoms with Crippen molar-refractivity contribution < 1.29 is 24.5 Å². The number of aliphatic hydroxyl groups is 2. The maximum Gasteiger partial charge on any atom is 0.251 e. The SMILES string of the molecule is Cc1cc2nccc(Oc3ccc(CC(=O)CC4CC4)c(Cl)c3)c2cc1C(=O)NC(CO)CO. The molecule has 1 aliphatic rings. The largest absolute Gasteiger partial charge is 0.457 e. The Labute approximate surface area is 202 Å². The van der Waals surface area contributed by atoms with Crippen molar-refractivity contribution in [3.8, 4) is 11.5 Å². The quantitative estimate of drug-likeness (QED) is 0.403. The molecule has 1 fully saturated rings. The van der Waals surface area contributed by atoms with Gasteiger partial charge in [0, 0.05) is 35.0 Å². The molecule has 34 heavy (non-hydrogen) atoms. The topological polar surface area (TPSA) is 109 Å². The van der Waals surface area contributed by atoms with Crippen LogP contribution in [0.15, 0.2) is 42.6 Å². The van der Waals surface area contributed by atoms with Crippen molar-refractivity contribution in [2.24, 2.45) is 5.92 Å². The van der Waals surface area contributed by atoms with Gasteiger partial charge in [-0.1, -0.05) is 17.7 Å². The minimum absolute atomic E-state index is 0.198. The van der Waals surface area contributed by atoms with E-state index in [9.17, 15) is 19.8 Å². The van der Waals surface area contributed by atoms with Crippen LogP contribution in [0.2, 0.25) is 5.02 Å². The van der Waals surface area contributed by atoms with Gasteiger partial charge in [0.25, 0.3) is 5.91 Å². The summed E-state index contributed by atoms with van der Waals surface area (Å²) in [7, 11) is 0. The standard InChI is InChI=1S/C26H27ClN2O5/c1-15-8-24-22(12-21(15)26(33)29-18(13-30)14-31)25(6-7-28-24)34-20-5-4-17(23(27)11-20)10-19(32)9-16-2-3-16/h4-8,11-12,16,18,30-31H,2-3,9-10,13-14H2,1H3,(H,29,33). The molecule has 1 aliphatic carbocycles. The summed E-state index contributed by atoms with van der Waals surface area (Å²) in [6, 6.07) is 9.68. The van der Waals surface area contributed by atoms with Gasteiger partial charge in [-0.2, -0.15) is 0 Å². The highest BCUT2D eigenvalue weighted by Crippen LogP contribution is 2.35. The third-order valence-electron chi connectivity index (χ3n) is 5.92. The van der Waals surface area contributed by atoms with Crippen molar-refractivity contribution in [3.05, 3.63) is 64.3 Å². The number of Topliss-reactive ketones (excluding diaryl/α,β-unsaturated/α-hetero) is 1. The number of nitrogens with one attached hydrogen (secondary N) is 1. The molecule has 3 aromatic rings. The molecule has 1 amide bonds. The molecule has 3 N–H and O–H groups in total. The van der Waals surface area contributed by atoms with Gasteiger partial charge in [-0.15, -0.1) is 0 Å². The van der Waals surface area contributed by atoms with Crippen molar-refractivity contribution in [3.63, 3.8) is 0 Å². The fourth-order valence-electron chi connectivity index (χ4n) is 3.81. The molecule has 7 nitrogen and oxygen atoms in total. The van der Waals surface area contributed by atoms with Crippen molar-refractivity contribution in [2.45, 2.75) is 38.6 Å². The van der Waals surface area contributed by atoms with Crippen LogP contribution in [0.4, 0.5) is 0 Å². The van der Waals surface area contributed by atoms with E-state index < -0.39 is 11.9 Å². The predicted molar refractivity (Wildman–Crippen MR) is 129 cm³/mol.